The summed E-state index contributed by atoms with van der Waals surface area (Å²) in [5.41, 5.74) is 0.609. The number of aromatic nitrogens is 1. The van der Waals surface area contributed by atoms with Gasteiger partial charge in [-0.05, 0) is 24.3 Å². The minimum atomic E-state index is -0.847. The van der Waals surface area contributed by atoms with Crippen LogP contribution in [-0.4, -0.2) is 28.2 Å². The Balaban J connectivity index is 1.91. The van der Waals surface area contributed by atoms with Gasteiger partial charge in [0, 0.05) is 32.2 Å². The third-order valence-corrected chi connectivity index (χ3v) is 3.34. The molecule has 0 aliphatic carbocycles. The molecule has 1 N–H and O–H groups in total. The van der Waals surface area contributed by atoms with Gasteiger partial charge in [-0.15, -0.1) is 0 Å². The molecule has 1 aromatic heterocycles. The minimum Gasteiger partial charge on any atom is -0.337 e. The van der Waals surface area contributed by atoms with Gasteiger partial charge >= 0.3 is 0 Å². The van der Waals surface area contributed by atoms with Crippen molar-refractivity contribution in [1.82, 2.24) is 9.88 Å². The molecule has 24 heavy (non-hydrogen) atoms. The maximum atomic E-state index is 13.5. The van der Waals surface area contributed by atoms with Crippen molar-refractivity contribution in [3.8, 4) is 0 Å². The molecule has 0 aliphatic heterocycles. The first-order chi connectivity index (χ1) is 11.5. The summed E-state index contributed by atoms with van der Waals surface area (Å²) in [7, 11) is 0. The van der Waals surface area contributed by atoms with Crippen molar-refractivity contribution < 1.29 is 18.4 Å². The number of hydrogen-bond acceptors (Lipinski definition) is 3. The van der Waals surface area contributed by atoms with E-state index in [0.29, 0.717) is 11.8 Å². The van der Waals surface area contributed by atoms with Gasteiger partial charge in [0.2, 0.25) is 11.8 Å². The van der Waals surface area contributed by atoms with Gasteiger partial charge in [0.15, 0.2) is 0 Å². The number of carbonyl (C=O) groups is 2. The molecule has 126 valence electrons. The van der Waals surface area contributed by atoms with E-state index in [1.54, 1.807) is 18.3 Å². The monoisotopic (exact) mass is 333 g/mol. The zero-order valence-corrected chi connectivity index (χ0v) is 13.1. The number of nitrogens with zero attached hydrogens (tertiary/aromatic N) is 2. The first-order valence-corrected chi connectivity index (χ1v) is 7.36. The van der Waals surface area contributed by atoms with E-state index in [0.717, 1.165) is 12.1 Å². The molecule has 0 fully saturated rings. The molecule has 2 rings (SSSR count). The second-order valence-electron chi connectivity index (χ2n) is 5.18. The molecule has 0 atom stereocenters. The Morgan fingerprint density at radius 2 is 2.00 bits per heavy atom. The molecule has 7 heteroatoms. The number of anilines is 1. The number of pyridine rings is 1. The summed E-state index contributed by atoms with van der Waals surface area (Å²) in [6.45, 7) is 1.86. The molecule has 1 aromatic carbocycles. The molecule has 2 aromatic rings. The highest BCUT2D eigenvalue weighted by Crippen LogP contribution is 2.15. The van der Waals surface area contributed by atoms with E-state index in [-0.39, 0.29) is 31.1 Å². The highest BCUT2D eigenvalue weighted by molar-refractivity contribution is 5.91. The number of nitrogens with one attached hydrogen (secondary N) is 1. The van der Waals surface area contributed by atoms with Gasteiger partial charge in [-0.3, -0.25) is 14.6 Å². The number of rotatable bonds is 6. The normalized spacial score (nSPS) is 10.3. The van der Waals surface area contributed by atoms with E-state index >= 15 is 0 Å². The largest absolute Gasteiger partial charge is 0.337 e. The summed E-state index contributed by atoms with van der Waals surface area (Å²) < 4.78 is 26.3. The Morgan fingerprint density at radius 1 is 1.21 bits per heavy atom. The topological polar surface area (TPSA) is 62.3 Å². The Labute approximate surface area is 138 Å². The second-order valence-corrected chi connectivity index (χ2v) is 5.18. The van der Waals surface area contributed by atoms with Crippen LogP contribution in [0.5, 0.6) is 0 Å². The van der Waals surface area contributed by atoms with E-state index in [1.165, 1.54) is 11.8 Å². The van der Waals surface area contributed by atoms with Crippen molar-refractivity contribution >= 4 is 17.5 Å². The van der Waals surface area contributed by atoms with Crippen LogP contribution in [-0.2, 0) is 16.1 Å². The highest BCUT2D eigenvalue weighted by atomic mass is 19.1. The Bertz CT molecular complexity index is 723. The van der Waals surface area contributed by atoms with E-state index in [4.69, 9.17) is 0 Å². The van der Waals surface area contributed by atoms with Crippen molar-refractivity contribution in [3.63, 3.8) is 0 Å². The fourth-order valence-corrected chi connectivity index (χ4v) is 2.08. The SMILES string of the molecule is CC(=O)N(CCC(=O)Nc1ccc(F)cc1F)Cc1ccccn1. The molecule has 0 aliphatic rings. The van der Waals surface area contributed by atoms with Crippen LogP contribution in [0.25, 0.3) is 0 Å². The lowest BCUT2D eigenvalue weighted by Gasteiger charge is -2.20. The summed E-state index contributed by atoms with van der Waals surface area (Å²) in [5.74, 6) is -2.22. The summed E-state index contributed by atoms with van der Waals surface area (Å²) in [4.78, 5) is 29.2. The second kappa shape index (κ2) is 8.14. The predicted octanol–water partition coefficient (Wildman–Crippen LogP) is 2.74. The molecule has 2 amide bonds. The fourth-order valence-electron chi connectivity index (χ4n) is 2.08. The zero-order chi connectivity index (χ0) is 17.5. The number of halogens is 2. The average Bonchev–Trinajstić information content (AvgIpc) is 2.55. The number of benzene rings is 1. The number of amides is 2. The van der Waals surface area contributed by atoms with Crippen molar-refractivity contribution in [2.45, 2.75) is 19.9 Å². The fraction of sp³-hybridized carbons (Fsp3) is 0.235. The van der Waals surface area contributed by atoms with Crippen molar-refractivity contribution in [2.75, 3.05) is 11.9 Å². The molecule has 0 radical (unpaired) electrons. The smallest absolute Gasteiger partial charge is 0.226 e. The standard InChI is InChI=1S/C17H17F2N3O2/c1-12(23)22(11-14-4-2-3-8-20-14)9-7-17(24)21-16-6-5-13(18)10-15(16)19/h2-6,8,10H,7,9,11H2,1H3,(H,21,24). The lowest BCUT2D eigenvalue weighted by Crippen LogP contribution is -2.32. The van der Waals surface area contributed by atoms with Crippen LogP contribution in [0.3, 0.4) is 0 Å². The van der Waals surface area contributed by atoms with Gasteiger partial charge < -0.3 is 10.2 Å². The van der Waals surface area contributed by atoms with Crippen LogP contribution < -0.4 is 5.32 Å². The molecular formula is C17H17F2N3O2. The maximum absolute atomic E-state index is 13.5. The summed E-state index contributed by atoms with van der Waals surface area (Å²) >= 11 is 0. The third-order valence-electron chi connectivity index (χ3n) is 3.34. The molecule has 0 unspecified atom stereocenters. The van der Waals surface area contributed by atoms with Crippen LogP contribution in [0.15, 0.2) is 42.6 Å². The summed E-state index contributed by atoms with van der Waals surface area (Å²) in [5, 5.41) is 2.36. The average molecular weight is 333 g/mol. The Morgan fingerprint density at radius 3 is 2.62 bits per heavy atom. The van der Waals surface area contributed by atoms with Gasteiger partial charge in [0.1, 0.15) is 11.6 Å². The van der Waals surface area contributed by atoms with E-state index in [1.807, 2.05) is 6.07 Å². The van der Waals surface area contributed by atoms with Gasteiger partial charge in [-0.1, -0.05) is 6.07 Å². The molecule has 1 heterocycles. The van der Waals surface area contributed by atoms with Crippen LogP contribution in [0.4, 0.5) is 14.5 Å². The van der Waals surface area contributed by atoms with Crippen LogP contribution in [0, 0.1) is 11.6 Å². The summed E-state index contributed by atoms with van der Waals surface area (Å²) in [6.07, 6.45) is 1.61. The lowest BCUT2D eigenvalue weighted by atomic mass is 10.2. The number of carbonyl (C=O) groups excluding carboxylic acids is 2. The van der Waals surface area contributed by atoms with Gasteiger partial charge in [0.25, 0.3) is 0 Å². The van der Waals surface area contributed by atoms with Gasteiger partial charge in [-0.25, -0.2) is 8.78 Å². The first-order valence-electron chi connectivity index (χ1n) is 7.36. The van der Waals surface area contributed by atoms with E-state index in [9.17, 15) is 18.4 Å². The minimum absolute atomic E-state index is 0.0107. The quantitative estimate of drug-likeness (QED) is 0.884. The Kier molecular flexibility index (Phi) is 5.95. The molecular weight excluding hydrogens is 316 g/mol. The predicted molar refractivity (Wildman–Crippen MR) is 84.9 cm³/mol. The van der Waals surface area contributed by atoms with E-state index < -0.39 is 17.5 Å². The van der Waals surface area contributed by atoms with Crippen LogP contribution >= 0.6 is 0 Å². The third kappa shape index (κ3) is 5.12. The molecule has 0 bridgehead atoms. The summed E-state index contributed by atoms with van der Waals surface area (Å²) in [6, 6.07) is 8.26. The molecule has 5 nitrogen and oxygen atoms in total. The van der Waals surface area contributed by atoms with Gasteiger partial charge in [0.05, 0.1) is 17.9 Å². The van der Waals surface area contributed by atoms with Crippen molar-refractivity contribution in [1.29, 1.82) is 0 Å². The highest BCUT2D eigenvalue weighted by Gasteiger charge is 2.13. The lowest BCUT2D eigenvalue weighted by molar-refractivity contribution is -0.130. The van der Waals surface area contributed by atoms with Crippen LogP contribution in [0.2, 0.25) is 0 Å². The van der Waals surface area contributed by atoms with E-state index in [2.05, 4.69) is 10.3 Å². The number of hydrogen-bond donors (Lipinski definition) is 1. The Hall–Kier alpha value is -2.83. The zero-order valence-electron chi connectivity index (χ0n) is 13.1. The van der Waals surface area contributed by atoms with Crippen molar-refractivity contribution in [2.24, 2.45) is 0 Å². The molecule has 0 saturated carbocycles. The van der Waals surface area contributed by atoms with Crippen molar-refractivity contribution in [3.05, 3.63) is 59.9 Å². The first kappa shape index (κ1) is 17.5. The van der Waals surface area contributed by atoms with Gasteiger partial charge in [-0.2, -0.15) is 0 Å². The maximum Gasteiger partial charge on any atom is 0.226 e. The molecule has 0 spiro atoms. The molecule has 0 saturated heterocycles. The van der Waals surface area contributed by atoms with Crippen LogP contribution in [0.1, 0.15) is 19.0 Å².